The predicted molar refractivity (Wildman–Crippen MR) is 96.6 cm³/mol. The largest absolute Gasteiger partial charge is 0.444 e. The maximum Gasteiger partial charge on any atom is 0.407 e. The van der Waals surface area contributed by atoms with Crippen LogP contribution in [0.25, 0.3) is 0 Å². The number of nitrogens with one attached hydrogen (secondary N) is 1. The molecule has 1 aromatic rings. The molecule has 5 heteroatoms. The van der Waals surface area contributed by atoms with Crippen LogP contribution in [0.4, 0.5) is 4.79 Å². The summed E-state index contributed by atoms with van der Waals surface area (Å²) in [5.41, 5.74) is 0.360. The van der Waals surface area contributed by atoms with Crippen LogP contribution in [0.1, 0.15) is 32.3 Å². The summed E-state index contributed by atoms with van der Waals surface area (Å²) in [6.45, 7) is 12.2. The van der Waals surface area contributed by atoms with Gasteiger partial charge in [-0.2, -0.15) is 0 Å². The fraction of sp³-hybridized carbons (Fsp3) is 0.556. The SMILES string of the molecule is CC(C)(C)OC(=O)NC(C[Si](C)(C)C)C(C=O)c1ccccc1. The average Bonchev–Trinajstić information content (AvgIpc) is 2.36. The summed E-state index contributed by atoms with van der Waals surface area (Å²) < 4.78 is 5.36. The molecule has 2 unspecified atom stereocenters. The Balaban J connectivity index is 2.99. The van der Waals surface area contributed by atoms with Crippen LogP contribution in [0.15, 0.2) is 30.3 Å². The number of amides is 1. The highest BCUT2D eigenvalue weighted by Gasteiger charge is 2.31. The highest BCUT2D eigenvalue weighted by molar-refractivity contribution is 6.76. The summed E-state index contributed by atoms with van der Waals surface area (Å²) in [5, 5.41) is 2.92. The fourth-order valence-electron chi connectivity index (χ4n) is 2.47. The van der Waals surface area contributed by atoms with Crippen LogP contribution in [0, 0.1) is 0 Å². The van der Waals surface area contributed by atoms with Gasteiger partial charge in [-0.15, -0.1) is 0 Å². The first-order valence-corrected chi connectivity index (χ1v) is 11.7. The molecule has 0 bridgehead atoms. The van der Waals surface area contributed by atoms with E-state index in [0.29, 0.717) is 0 Å². The molecule has 0 aromatic heterocycles. The Morgan fingerprint density at radius 2 is 1.78 bits per heavy atom. The van der Waals surface area contributed by atoms with E-state index in [4.69, 9.17) is 4.74 Å². The minimum atomic E-state index is -1.49. The van der Waals surface area contributed by atoms with Gasteiger partial charge in [0.25, 0.3) is 0 Å². The van der Waals surface area contributed by atoms with E-state index < -0.39 is 19.8 Å². The summed E-state index contributed by atoms with van der Waals surface area (Å²) >= 11 is 0. The van der Waals surface area contributed by atoms with Crippen molar-refractivity contribution in [3.8, 4) is 0 Å². The molecular formula is C18H29NO3Si. The van der Waals surface area contributed by atoms with Gasteiger partial charge in [0.2, 0.25) is 0 Å². The van der Waals surface area contributed by atoms with E-state index in [9.17, 15) is 9.59 Å². The van der Waals surface area contributed by atoms with Crippen LogP contribution in [0.2, 0.25) is 25.7 Å². The molecule has 0 radical (unpaired) electrons. The standard InChI is InChI=1S/C18H29NO3Si/c1-18(2,3)22-17(21)19-16(13-23(4,5)6)15(12-20)14-10-8-7-9-11-14/h7-12,15-16H,13H2,1-6H3,(H,19,21). The lowest BCUT2D eigenvalue weighted by molar-refractivity contribution is -0.109. The first-order chi connectivity index (χ1) is 10.5. The molecule has 2 atom stereocenters. The lowest BCUT2D eigenvalue weighted by Gasteiger charge is -2.30. The van der Waals surface area contributed by atoms with Crippen LogP contribution in [0.5, 0.6) is 0 Å². The Hall–Kier alpha value is -1.62. The van der Waals surface area contributed by atoms with Crippen LogP contribution in [0.3, 0.4) is 0 Å². The number of hydrogen-bond donors (Lipinski definition) is 1. The van der Waals surface area contributed by atoms with Gasteiger partial charge in [-0.3, -0.25) is 0 Å². The number of rotatable bonds is 6. The van der Waals surface area contributed by atoms with Crippen molar-refractivity contribution in [1.82, 2.24) is 5.32 Å². The van der Waals surface area contributed by atoms with E-state index in [2.05, 4.69) is 25.0 Å². The summed E-state index contributed by atoms with van der Waals surface area (Å²) in [6.07, 6.45) is 0.459. The molecule has 4 nitrogen and oxygen atoms in total. The normalized spacial score (nSPS) is 14.7. The second-order valence-corrected chi connectivity index (χ2v) is 13.6. The summed E-state index contributed by atoms with van der Waals surface area (Å²) in [4.78, 5) is 23.9. The molecule has 23 heavy (non-hydrogen) atoms. The van der Waals surface area contributed by atoms with Crippen LogP contribution < -0.4 is 5.32 Å². The van der Waals surface area contributed by atoms with Crippen LogP contribution >= 0.6 is 0 Å². The minimum absolute atomic E-state index is 0.253. The Bertz CT molecular complexity index is 517. The Kier molecular flexibility index (Phi) is 6.56. The van der Waals surface area contributed by atoms with E-state index in [1.807, 2.05) is 51.1 Å². The molecule has 0 aliphatic heterocycles. The van der Waals surface area contributed by atoms with Gasteiger partial charge < -0.3 is 14.8 Å². The van der Waals surface area contributed by atoms with Crippen molar-refractivity contribution in [1.29, 1.82) is 0 Å². The third-order valence-corrected chi connectivity index (χ3v) is 4.96. The maximum absolute atomic E-state index is 12.2. The van der Waals surface area contributed by atoms with Gasteiger partial charge >= 0.3 is 6.09 Å². The molecule has 1 amide bonds. The van der Waals surface area contributed by atoms with Gasteiger partial charge in [0, 0.05) is 14.1 Å². The zero-order valence-corrected chi connectivity index (χ0v) is 16.1. The molecule has 0 spiro atoms. The van der Waals surface area contributed by atoms with Gasteiger partial charge in [-0.1, -0.05) is 50.0 Å². The number of carbonyl (C=O) groups excluding carboxylic acids is 2. The molecule has 1 rings (SSSR count). The Morgan fingerprint density at radius 1 is 1.22 bits per heavy atom. The van der Waals surface area contributed by atoms with E-state index in [1.54, 1.807) is 0 Å². The minimum Gasteiger partial charge on any atom is -0.444 e. The smallest absolute Gasteiger partial charge is 0.407 e. The molecule has 0 aliphatic rings. The average molecular weight is 336 g/mol. The lowest BCUT2D eigenvalue weighted by atomic mass is 9.94. The number of alkyl carbamates (subject to hydrolysis) is 1. The van der Waals surface area contributed by atoms with E-state index in [1.165, 1.54) is 0 Å². The second-order valence-electron chi connectivity index (χ2n) is 8.09. The number of ether oxygens (including phenoxy) is 1. The van der Waals surface area contributed by atoms with Gasteiger partial charge in [0.15, 0.2) is 0 Å². The van der Waals surface area contributed by atoms with E-state index in [0.717, 1.165) is 17.9 Å². The Morgan fingerprint density at radius 3 is 2.22 bits per heavy atom. The van der Waals surface area contributed by atoms with Crippen molar-refractivity contribution in [2.45, 2.75) is 64.0 Å². The Labute approximate surface area is 140 Å². The van der Waals surface area contributed by atoms with Gasteiger partial charge in [-0.25, -0.2) is 4.79 Å². The molecule has 128 valence electrons. The maximum atomic E-state index is 12.2. The number of benzene rings is 1. The van der Waals surface area contributed by atoms with Crippen molar-refractivity contribution < 1.29 is 14.3 Å². The summed E-state index contributed by atoms with van der Waals surface area (Å²) in [7, 11) is -1.49. The van der Waals surface area contributed by atoms with Crippen LogP contribution in [-0.4, -0.2) is 32.1 Å². The van der Waals surface area contributed by atoms with Gasteiger partial charge in [0.05, 0.1) is 5.92 Å². The first kappa shape index (κ1) is 19.4. The lowest BCUT2D eigenvalue weighted by Crippen LogP contribution is -2.46. The molecule has 0 aliphatic carbocycles. The monoisotopic (exact) mass is 335 g/mol. The number of hydrogen-bond acceptors (Lipinski definition) is 3. The summed E-state index contributed by atoms with van der Waals surface area (Å²) in [5.74, 6) is -0.365. The van der Waals surface area contributed by atoms with Gasteiger partial charge in [0.1, 0.15) is 11.9 Å². The van der Waals surface area contributed by atoms with Crippen molar-refractivity contribution in [3.63, 3.8) is 0 Å². The topological polar surface area (TPSA) is 55.4 Å². The predicted octanol–water partition coefficient (Wildman–Crippen LogP) is 4.20. The molecular weight excluding hydrogens is 306 g/mol. The van der Waals surface area contributed by atoms with Crippen molar-refractivity contribution in [2.75, 3.05) is 0 Å². The molecule has 0 saturated carbocycles. The van der Waals surface area contributed by atoms with Crippen molar-refractivity contribution >= 4 is 20.5 Å². The van der Waals surface area contributed by atoms with Crippen molar-refractivity contribution in [3.05, 3.63) is 35.9 Å². The first-order valence-electron chi connectivity index (χ1n) is 8.01. The quantitative estimate of drug-likeness (QED) is 0.626. The fourth-order valence-corrected chi connectivity index (χ4v) is 4.14. The van der Waals surface area contributed by atoms with E-state index >= 15 is 0 Å². The zero-order valence-electron chi connectivity index (χ0n) is 15.1. The molecule has 0 heterocycles. The van der Waals surface area contributed by atoms with Gasteiger partial charge in [-0.05, 0) is 32.4 Å². The number of carbonyl (C=O) groups is 2. The molecule has 0 fully saturated rings. The zero-order chi connectivity index (χ0) is 17.7. The molecule has 0 saturated heterocycles. The molecule has 1 aromatic carbocycles. The number of aldehydes is 1. The third-order valence-electron chi connectivity index (χ3n) is 3.30. The van der Waals surface area contributed by atoms with E-state index in [-0.39, 0.29) is 12.0 Å². The highest BCUT2D eigenvalue weighted by atomic mass is 28.3. The highest BCUT2D eigenvalue weighted by Crippen LogP contribution is 2.25. The summed E-state index contributed by atoms with van der Waals surface area (Å²) in [6, 6.07) is 10.1. The molecule has 1 N–H and O–H groups in total. The second kappa shape index (κ2) is 7.77. The van der Waals surface area contributed by atoms with Crippen LogP contribution in [-0.2, 0) is 9.53 Å². The van der Waals surface area contributed by atoms with Crippen molar-refractivity contribution in [2.24, 2.45) is 0 Å². The third kappa shape index (κ3) is 7.46.